The van der Waals surface area contributed by atoms with E-state index >= 15 is 0 Å². The predicted octanol–water partition coefficient (Wildman–Crippen LogP) is -0.467. The fourth-order valence-electron chi connectivity index (χ4n) is 4.15. The van der Waals surface area contributed by atoms with Gasteiger partial charge >= 0.3 is 0 Å². The minimum absolute atomic E-state index is 0.0215. The van der Waals surface area contributed by atoms with Crippen LogP contribution in [0.3, 0.4) is 0 Å². The summed E-state index contributed by atoms with van der Waals surface area (Å²) in [4.78, 5) is 63.1. The number of rotatable bonds is 7. The van der Waals surface area contributed by atoms with Crippen LogP contribution in [0.5, 0.6) is 0 Å². The molecule has 188 valence electrons. The first kappa shape index (κ1) is 21.4. The van der Waals surface area contributed by atoms with Crippen LogP contribution >= 0.6 is 0 Å². The second-order valence-electron chi connectivity index (χ2n) is 8.17. The number of anilines is 1. The summed E-state index contributed by atoms with van der Waals surface area (Å²) in [5.74, 6) is -4.27. The molecule has 5 atom stereocenters. The van der Waals surface area contributed by atoms with Crippen molar-refractivity contribution in [2.24, 2.45) is 5.73 Å². The molecule has 5 N–H and O–H groups in total. The highest BCUT2D eigenvalue weighted by atomic mass is 16.6. The number of imidazole rings is 1. The van der Waals surface area contributed by atoms with Crippen LogP contribution < -0.4 is 11.1 Å². The van der Waals surface area contributed by atoms with Gasteiger partial charge < -0.3 is 26.0 Å². The van der Waals surface area contributed by atoms with E-state index in [9.17, 15) is 29.4 Å². The highest BCUT2D eigenvalue weighted by Gasteiger charge is 2.72. The molecule has 1 aliphatic rings. The Kier molecular flexibility index (Phi) is 5.31. The number of carbonyl (C=O) groups excluding carboxylic acids is 4. The Bertz CT molecular complexity index is 1440. The van der Waals surface area contributed by atoms with Crippen LogP contribution in [-0.4, -0.2) is 76.3 Å². The van der Waals surface area contributed by atoms with Crippen molar-refractivity contribution < 1.29 is 38.2 Å². The van der Waals surface area contributed by atoms with Crippen molar-refractivity contribution in [1.82, 2.24) is 19.5 Å². The van der Waals surface area contributed by atoms with Gasteiger partial charge in [-0.25, -0.2) is 15.0 Å². The van der Waals surface area contributed by atoms with Crippen molar-refractivity contribution in [3.05, 3.63) is 48.5 Å². The number of Topliss-reactive ketones (excluding diaryl/α,β-unsaturated/α-hetero) is 3. The smallest absolute Gasteiger partial charge is 0.256 e. The molecule has 1 aliphatic heterocycles. The third kappa shape index (κ3) is 3.60. The predicted molar refractivity (Wildman–Crippen MR) is 124 cm³/mol. The topological polar surface area (TPSA) is 200 Å². The fourth-order valence-corrected chi connectivity index (χ4v) is 4.15. The Hall–Kier alpha value is -3.91. The molecule has 4 rings (SSSR count). The van der Waals surface area contributed by atoms with Crippen LogP contribution in [0, 0.1) is 0 Å². The summed E-state index contributed by atoms with van der Waals surface area (Å²) in [6.07, 6.45) is -4.19. The van der Waals surface area contributed by atoms with E-state index in [1.807, 2.05) is 0 Å². The molecule has 1 aromatic carbocycles. The van der Waals surface area contributed by atoms with Crippen LogP contribution in [0.2, 0.25) is 0 Å². The van der Waals surface area contributed by atoms with Crippen molar-refractivity contribution in [3.63, 3.8) is 0 Å². The number of amides is 1. The molecule has 3 aromatic rings. The zero-order valence-electron chi connectivity index (χ0n) is 21.7. The second kappa shape index (κ2) is 8.95. The molecule has 0 aliphatic carbocycles. The van der Waals surface area contributed by atoms with Crippen molar-refractivity contribution in [3.8, 4) is 0 Å². The lowest BCUT2D eigenvalue weighted by Gasteiger charge is -2.39. The lowest BCUT2D eigenvalue weighted by atomic mass is 9.71. The van der Waals surface area contributed by atoms with Crippen molar-refractivity contribution in [2.75, 3.05) is 5.32 Å². The number of aliphatic hydroxyl groups is 2. The Morgan fingerprint density at radius 1 is 1.14 bits per heavy atom. The Morgan fingerprint density at radius 2 is 1.86 bits per heavy atom. The van der Waals surface area contributed by atoms with E-state index in [2.05, 4.69) is 20.3 Å². The molecule has 1 amide bonds. The standard InChI is InChI=1S/C23H24N6O7/c1-11(30)16(33)17-22(24,12(2)31)23(35,13(3)32)21(36-17)29-10-27-15-18(25-9-26-19(15)29)28-20(34)14-7-5-4-6-8-14/h4-10,16-17,21,33,35H,24H2,1-3H3,(H,25,26,28,34)/t16?,17-,21?,22-,23+/m1/s1/i1D,2D,3D. The van der Waals surface area contributed by atoms with Gasteiger partial charge in [-0.2, -0.15) is 0 Å². The minimum Gasteiger partial charge on any atom is -0.382 e. The molecule has 2 unspecified atom stereocenters. The van der Waals surface area contributed by atoms with Crippen molar-refractivity contribution in [2.45, 2.75) is 50.3 Å². The molecule has 36 heavy (non-hydrogen) atoms. The maximum Gasteiger partial charge on any atom is 0.256 e. The number of fused-ring (bicyclic) bond motifs is 1. The summed E-state index contributed by atoms with van der Waals surface area (Å²) in [5, 5.41) is 24.9. The summed E-state index contributed by atoms with van der Waals surface area (Å²) >= 11 is 0. The van der Waals surface area contributed by atoms with E-state index < -0.39 is 73.5 Å². The Balaban J connectivity index is 1.85. The number of ether oxygens (including phenoxy) is 1. The number of nitrogens with zero attached hydrogens (tertiary/aromatic N) is 4. The first-order chi connectivity index (χ1) is 18.6. The van der Waals surface area contributed by atoms with Gasteiger partial charge in [0.25, 0.3) is 5.91 Å². The van der Waals surface area contributed by atoms with E-state index in [0.717, 1.165) is 17.2 Å². The van der Waals surface area contributed by atoms with Gasteiger partial charge in [-0.3, -0.25) is 23.7 Å². The molecule has 1 fully saturated rings. The van der Waals surface area contributed by atoms with Gasteiger partial charge in [0, 0.05) is 9.68 Å². The number of benzene rings is 1. The van der Waals surface area contributed by atoms with E-state index in [1.165, 1.54) is 0 Å². The maximum atomic E-state index is 13.1. The normalized spacial score (nSPS) is 27.6. The van der Waals surface area contributed by atoms with Gasteiger partial charge in [-0.05, 0) is 32.8 Å². The van der Waals surface area contributed by atoms with E-state index in [0.29, 0.717) is 5.56 Å². The van der Waals surface area contributed by atoms with Crippen LogP contribution in [0.4, 0.5) is 5.82 Å². The van der Waals surface area contributed by atoms with E-state index in [1.54, 1.807) is 30.3 Å². The number of aromatic nitrogens is 4. The molecule has 3 heterocycles. The fraction of sp³-hybridized carbons (Fsp3) is 0.348. The third-order valence-corrected chi connectivity index (χ3v) is 6.09. The number of nitrogens with two attached hydrogens (primary N) is 1. The molecule has 1 saturated heterocycles. The van der Waals surface area contributed by atoms with Gasteiger partial charge in [0.05, 0.1) is 6.33 Å². The number of carbonyl (C=O) groups is 4. The first-order valence-corrected chi connectivity index (χ1v) is 10.4. The number of aliphatic hydroxyl groups excluding tert-OH is 1. The molecule has 13 heteroatoms. The molecule has 0 bridgehead atoms. The summed E-state index contributed by atoms with van der Waals surface area (Å²) in [6, 6.07) is 8.19. The lowest BCUT2D eigenvalue weighted by molar-refractivity contribution is -0.157. The monoisotopic (exact) mass is 499 g/mol. The van der Waals surface area contributed by atoms with Crippen LogP contribution in [0.15, 0.2) is 43.0 Å². The van der Waals surface area contributed by atoms with Gasteiger partial charge in [-0.1, -0.05) is 18.2 Å². The van der Waals surface area contributed by atoms with E-state index in [4.69, 9.17) is 14.6 Å². The number of hydrogen-bond acceptors (Lipinski definition) is 11. The molecular weight excluding hydrogens is 472 g/mol. The maximum absolute atomic E-state index is 13.1. The number of hydrogen-bond donors (Lipinski definition) is 4. The SMILES string of the molecule is [2H]CC(=O)C(O)[C@H]1OC(n2cnc3c(NC(=O)c4ccccc4)ncnc32)[C@@](O)(C(=O)C[2H])[C@@]1(N)C(=O)C[2H]. The molecule has 13 nitrogen and oxygen atoms in total. The summed E-state index contributed by atoms with van der Waals surface area (Å²) in [7, 11) is 0. The second-order valence-corrected chi connectivity index (χ2v) is 8.17. The molecular formula is C23H24N6O7. The van der Waals surface area contributed by atoms with Gasteiger partial charge in [-0.15, -0.1) is 0 Å². The highest BCUT2D eigenvalue weighted by molar-refractivity contribution is 6.06. The van der Waals surface area contributed by atoms with Crippen LogP contribution in [0.1, 0.15) is 41.4 Å². The van der Waals surface area contributed by atoms with Crippen LogP contribution in [0.25, 0.3) is 11.2 Å². The van der Waals surface area contributed by atoms with Gasteiger partial charge in [0.15, 0.2) is 46.2 Å². The summed E-state index contributed by atoms with van der Waals surface area (Å²) < 4.78 is 29.1. The van der Waals surface area contributed by atoms with E-state index in [-0.39, 0.29) is 17.0 Å². The largest absolute Gasteiger partial charge is 0.382 e. The molecule has 0 spiro atoms. The van der Waals surface area contributed by atoms with Gasteiger partial charge in [0.2, 0.25) is 0 Å². The van der Waals surface area contributed by atoms with Crippen molar-refractivity contribution >= 4 is 40.2 Å². The highest BCUT2D eigenvalue weighted by Crippen LogP contribution is 2.47. The average Bonchev–Trinajstić information content (AvgIpc) is 3.49. The Morgan fingerprint density at radius 3 is 2.53 bits per heavy atom. The summed E-state index contributed by atoms with van der Waals surface area (Å²) in [6.45, 7) is -3.09. The van der Waals surface area contributed by atoms with Gasteiger partial charge in [0.1, 0.15) is 24.1 Å². The third-order valence-electron chi connectivity index (χ3n) is 6.09. The lowest BCUT2D eigenvalue weighted by Crippen LogP contribution is -2.72. The molecule has 0 saturated carbocycles. The molecule has 2 aromatic heterocycles. The van der Waals surface area contributed by atoms with Crippen LogP contribution in [-0.2, 0) is 19.1 Å². The average molecular weight is 499 g/mol. The molecule has 0 radical (unpaired) electrons. The zero-order valence-corrected chi connectivity index (χ0v) is 18.7. The first-order valence-electron chi connectivity index (χ1n) is 12.5. The Labute approximate surface area is 208 Å². The quantitative estimate of drug-likeness (QED) is 0.328. The van der Waals surface area contributed by atoms with Crippen molar-refractivity contribution in [1.29, 1.82) is 0 Å². The number of nitrogens with one attached hydrogen (secondary N) is 1. The minimum atomic E-state index is -3.08. The number of ketones is 3. The summed E-state index contributed by atoms with van der Waals surface area (Å²) in [5.41, 5.74) is 0.500. The zero-order chi connectivity index (χ0) is 28.5.